The fourth-order valence-electron chi connectivity index (χ4n) is 6.20. The maximum atomic E-state index is 11.6. The first-order valence-electron chi connectivity index (χ1n) is 16.1. The van der Waals surface area contributed by atoms with Crippen LogP contribution in [0.2, 0.25) is 0 Å². The number of aromatic hydroxyl groups is 1. The SMILES string of the molecule is CC(C)(C)c1cc(-c2nc3c(-c4cccc(N(c5ccccn5)c5cccc6ccccc56)c4)cccc3s2)c(O)c(C(C)(C)C)c1. The van der Waals surface area contributed by atoms with Crippen LogP contribution in [0.3, 0.4) is 0 Å². The van der Waals surface area contributed by atoms with Gasteiger partial charge in [-0.25, -0.2) is 9.97 Å². The van der Waals surface area contributed by atoms with Crippen LogP contribution in [-0.2, 0) is 10.8 Å². The molecule has 7 aromatic rings. The second-order valence-electron chi connectivity index (χ2n) is 14.2. The molecule has 0 amide bonds. The van der Waals surface area contributed by atoms with Crippen LogP contribution in [0.15, 0.2) is 121 Å². The highest BCUT2D eigenvalue weighted by Crippen LogP contribution is 2.46. The zero-order chi connectivity index (χ0) is 32.9. The minimum absolute atomic E-state index is 0.0751. The molecule has 0 unspecified atom stereocenters. The number of fused-ring (bicyclic) bond motifs is 2. The predicted molar refractivity (Wildman–Crippen MR) is 200 cm³/mol. The van der Waals surface area contributed by atoms with Gasteiger partial charge in [-0.3, -0.25) is 4.90 Å². The van der Waals surface area contributed by atoms with Crippen molar-refractivity contribution < 1.29 is 5.11 Å². The van der Waals surface area contributed by atoms with Gasteiger partial charge in [0.2, 0.25) is 0 Å². The van der Waals surface area contributed by atoms with E-state index >= 15 is 0 Å². The summed E-state index contributed by atoms with van der Waals surface area (Å²) in [6, 6.07) is 40.1. The molecule has 5 aromatic carbocycles. The third-order valence-corrected chi connectivity index (χ3v) is 9.79. The van der Waals surface area contributed by atoms with Gasteiger partial charge in [0.1, 0.15) is 16.6 Å². The minimum atomic E-state index is -0.216. The lowest BCUT2D eigenvalue weighted by molar-refractivity contribution is 0.446. The van der Waals surface area contributed by atoms with E-state index < -0.39 is 0 Å². The van der Waals surface area contributed by atoms with Crippen molar-refractivity contribution in [2.24, 2.45) is 0 Å². The Balaban J connectivity index is 1.39. The first kappa shape index (κ1) is 30.6. The molecule has 0 atom stereocenters. The molecular formula is C42H39N3OS. The first-order chi connectivity index (χ1) is 22.5. The smallest absolute Gasteiger partial charge is 0.137 e. The van der Waals surface area contributed by atoms with Crippen LogP contribution in [0.25, 0.3) is 42.7 Å². The van der Waals surface area contributed by atoms with Crippen molar-refractivity contribution in [1.82, 2.24) is 9.97 Å². The monoisotopic (exact) mass is 633 g/mol. The number of pyridine rings is 1. The summed E-state index contributed by atoms with van der Waals surface area (Å²) >= 11 is 1.63. The number of rotatable bonds is 5. The lowest BCUT2D eigenvalue weighted by Crippen LogP contribution is -2.17. The third-order valence-electron chi connectivity index (χ3n) is 8.73. The number of hydrogen-bond acceptors (Lipinski definition) is 5. The number of phenols is 1. The van der Waals surface area contributed by atoms with Gasteiger partial charge in [-0.1, -0.05) is 114 Å². The Morgan fingerprint density at radius 2 is 1.43 bits per heavy atom. The Bertz CT molecular complexity index is 2230. The van der Waals surface area contributed by atoms with Gasteiger partial charge < -0.3 is 5.11 Å². The molecule has 0 spiro atoms. The number of anilines is 3. The first-order valence-corrected chi connectivity index (χ1v) is 16.9. The molecule has 0 fully saturated rings. The van der Waals surface area contributed by atoms with E-state index in [1.165, 1.54) is 10.9 Å². The molecule has 47 heavy (non-hydrogen) atoms. The molecular weight excluding hydrogens is 595 g/mol. The molecule has 0 radical (unpaired) electrons. The zero-order valence-corrected chi connectivity index (χ0v) is 28.6. The number of phenolic OH excluding ortho intramolecular Hbond substituents is 1. The van der Waals surface area contributed by atoms with E-state index in [0.29, 0.717) is 5.75 Å². The van der Waals surface area contributed by atoms with Gasteiger partial charge in [-0.05, 0) is 69.8 Å². The van der Waals surface area contributed by atoms with Gasteiger partial charge in [0.15, 0.2) is 0 Å². The number of para-hydroxylation sites is 1. The fourth-order valence-corrected chi connectivity index (χ4v) is 7.21. The lowest BCUT2D eigenvalue weighted by atomic mass is 9.79. The van der Waals surface area contributed by atoms with E-state index in [-0.39, 0.29) is 10.8 Å². The highest BCUT2D eigenvalue weighted by molar-refractivity contribution is 7.21. The quantitative estimate of drug-likeness (QED) is 0.205. The van der Waals surface area contributed by atoms with Gasteiger partial charge in [0.25, 0.3) is 0 Å². The molecule has 0 aliphatic rings. The van der Waals surface area contributed by atoms with Crippen LogP contribution in [0.5, 0.6) is 5.75 Å². The van der Waals surface area contributed by atoms with E-state index in [9.17, 15) is 5.11 Å². The Morgan fingerprint density at radius 1 is 0.681 bits per heavy atom. The molecule has 0 aliphatic heterocycles. The topological polar surface area (TPSA) is 49.2 Å². The summed E-state index contributed by atoms with van der Waals surface area (Å²) in [6.07, 6.45) is 1.84. The van der Waals surface area contributed by atoms with Crippen molar-refractivity contribution in [2.45, 2.75) is 52.4 Å². The van der Waals surface area contributed by atoms with Gasteiger partial charge in [-0.15, -0.1) is 11.3 Å². The number of thiazole rings is 1. The predicted octanol–water partition coefficient (Wildman–Crippen LogP) is 11.9. The molecule has 2 heterocycles. The summed E-state index contributed by atoms with van der Waals surface area (Å²) < 4.78 is 1.08. The van der Waals surface area contributed by atoms with Crippen molar-refractivity contribution in [1.29, 1.82) is 0 Å². The average Bonchev–Trinajstić information content (AvgIpc) is 3.49. The number of aromatic nitrogens is 2. The van der Waals surface area contributed by atoms with E-state index in [1.807, 2.05) is 24.4 Å². The van der Waals surface area contributed by atoms with Crippen molar-refractivity contribution in [2.75, 3.05) is 4.90 Å². The number of hydrogen-bond donors (Lipinski definition) is 1. The van der Waals surface area contributed by atoms with Crippen molar-refractivity contribution in [3.05, 3.63) is 133 Å². The van der Waals surface area contributed by atoms with Crippen LogP contribution >= 0.6 is 11.3 Å². The molecule has 0 saturated carbocycles. The molecule has 2 aromatic heterocycles. The Labute approximate surface area is 281 Å². The second-order valence-corrected chi connectivity index (χ2v) is 15.2. The molecule has 0 saturated heterocycles. The maximum absolute atomic E-state index is 11.6. The highest BCUT2D eigenvalue weighted by Gasteiger charge is 2.27. The molecule has 0 bridgehead atoms. The zero-order valence-electron chi connectivity index (χ0n) is 27.7. The molecule has 5 heteroatoms. The Hall–Kier alpha value is -5.00. The van der Waals surface area contributed by atoms with Crippen molar-refractivity contribution in [3.63, 3.8) is 0 Å². The molecule has 7 rings (SSSR count). The third kappa shape index (κ3) is 5.77. The Kier molecular flexibility index (Phi) is 7.60. The second kappa shape index (κ2) is 11.7. The molecule has 1 N–H and O–H groups in total. The Morgan fingerprint density at radius 3 is 2.19 bits per heavy atom. The molecule has 4 nitrogen and oxygen atoms in total. The van der Waals surface area contributed by atoms with Crippen LogP contribution in [0.1, 0.15) is 52.7 Å². The summed E-state index contributed by atoms with van der Waals surface area (Å²) in [5.74, 6) is 1.16. The lowest BCUT2D eigenvalue weighted by Gasteiger charge is -2.27. The van der Waals surface area contributed by atoms with E-state index in [1.54, 1.807) is 11.3 Å². The van der Waals surface area contributed by atoms with Gasteiger partial charge >= 0.3 is 0 Å². The summed E-state index contributed by atoms with van der Waals surface area (Å²) in [5, 5.41) is 14.8. The number of nitrogens with zero attached hydrogens (tertiary/aromatic N) is 3. The van der Waals surface area contributed by atoms with Crippen LogP contribution in [0.4, 0.5) is 17.2 Å². The van der Waals surface area contributed by atoms with Crippen molar-refractivity contribution in [3.8, 4) is 27.4 Å². The molecule has 234 valence electrons. The van der Waals surface area contributed by atoms with E-state index in [2.05, 4.69) is 144 Å². The van der Waals surface area contributed by atoms with Crippen LogP contribution in [0, 0.1) is 0 Å². The largest absolute Gasteiger partial charge is 0.507 e. The number of benzene rings is 5. The van der Waals surface area contributed by atoms with E-state index in [4.69, 9.17) is 9.97 Å². The fraction of sp³-hybridized carbons (Fsp3) is 0.190. The standard InChI is InChI=1S/C42H39N3OS/c1-41(2,3)29-25-33(39(46)34(26-29)42(4,5)6)40-44-38-32(19-13-21-36(38)47-40)28-16-11-17-30(24-28)45(37-22-9-10-23-43-37)35-20-12-15-27-14-7-8-18-31(27)35/h7-26,46H,1-6H3. The summed E-state index contributed by atoms with van der Waals surface area (Å²) in [5.41, 5.74) is 7.74. The average molecular weight is 634 g/mol. The normalized spacial score (nSPS) is 12.1. The summed E-state index contributed by atoms with van der Waals surface area (Å²) in [6.45, 7) is 13.1. The van der Waals surface area contributed by atoms with Gasteiger partial charge in [0, 0.05) is 28.4 Å². The molecule has 0 aliphatic carbocycles. The maximum Gasteiger partial charge on any atom is 0.137 e. The van der Waals surface area contributed by atoms with Crippen LogP contribution < -0.4 is 4.90 Å². The van der Waals surface area contributed by atoms with E-state index in [0.717, 1.165) is 60.1 Å². The highest BCUT2D eigenvalue weighted by atomic mass is 32.1. The minimum Gasteiger partial charge on any atom is -0.507 e. The van der Waals surface area contributed by atoms with Gasteiger partial charge in [-0.2, -0.15) is 0 Å². The summed E-state index contributed by atoms with van der Waals surface area (Å²) in [7, 11) is 0. The van der Waals surface area contributed by atoms with Crippen molar-refractivity contribution >= 4 is 49.5 Å². The van der Waals surface area contributed by atoms with Gasteiger partial charge in [0.05, 0.1) is 21.5 Å². The van der Waals surface area contributed by atoms with Crippen LogP contribution in [-0.4, -0.2) is 15.1 Å². The summed E-state index contributed by atoms with van der Waals surface area (Å²) in [4.78, 5) is 12.2.